The van der Waals surface area contributed by atoms with Gasteiger partial charge in [0.1, 0.15) is 0 Å². The maximum Gasteiger partial charge on any atom is 0.0477 e. The van der Waals surface area contributed by atoms with Crippen LogP contribution in [0.5, 0.6) is 0 Å². The van der Waals surface area contributed by atoms with Crippen LogP contribution in [-0.4, -0.2) is 24.9 Å². The van der Waals surface area contributed by atoms with Gasteiger partial charge < -0.3 is 4.90 Å². The maximum atomic E-state index is 5.99. The van der Waals surface area contributed by atoms with Crippen LogP contribution in [0.3, 0.4) is 0 Å². The predicted molar refractivity (Wildman–Crippen MR) is 72.3 cm³/mol. The highest BCUT2D eigenvalue weighted by molar-refractivity contribution is 6.18. The highest BCUT2D eigenvalue weighted by Crippen LogP contribution is 2.25. The minimum atomic E-state index is 0.215. The third kappa shape index (κ3) is 3.23. The number of benzene rings is 1. The molecule has 0 bridgehead atoms. The summed E-state index contributed by atoms with van der Waals surface area (Å²) in [5.74, 6) is 0.627. The number of rotatable bonds is 3. The average Bonchev–Trinajstić information content (AvgIpc) is 2.17. The molecule has 1 rings (SSSR count). The minimum absolute atomic E-state index is 0.215. The summed E-state index contributed by atoms with van der Waals surface area (Å²) in [4.78, 5) is 2.15. The molecule has 1 nitrogen and oxygen atoms in total. The summed E-state index contributed by atoms with van der Waals surface area (Å²) < 4.78 is 0. The van der Waals surface area contributed by atoms with Gasteiger partial charge >= 0.3 is 0 Å². The quantitative estimate of drug-likeness (QED) is 0.725. The first kappa shape index (κ1) is 13.5. The van der Waals surface area contributed by atoms with Crippen LogP contribution in [0.1, 0.15) is 37.9 Å². The molecule has 0 aliphatic heterocycles. The van der Waals surface area contributed by atoms with E-state index >= 15 is 0 Å². The van der Waals surface area contributed by atoms with Crippen molar-refractivity contribution in [2.24, 2.45) is 0 Å². The van der Waals surface area contributed by atoms with E-state index in [0.29, 0.717) is 11.9 Å². The summed E-state index contributed by atoms with van der Waals surface area (Å²) in [7, 11) is 4.12. The average molecular weight is 240 g/mol. The topological polar surface area (TPSA) is 3.24 Å². The van der Waals surface area contributed by atoms with Crippen LogP contribution in [0.2, 0.25) is 0 Å². The summed E-state index contributed by atoms with van der Waals surface area (Å²) in [6, 6.07) is 9.09. The minimum Gasteiger partial charge on any atom is -0.301 e. The molecular formula is C14H22ClN. The smallest absolute Gasteiger partial charge is 0.0477 e. The molecule has 1 unspecified atom stereocenters. The van der Waals surface area contributed by atoms with Gasteiger partial charge in [0.05, 0.1) is 0 Å². The van der Waals surface area contributed by atoms with E-state index in [9.17, 15) is 0 Å². The van der Waals surface area contributed by atoms with Gasteiger partial charge in [-0.05, 0) is 30.6 Å². The van der Waals surface area contributed by atoms with E-state index in [1.165, 1.54) is 11.1 Å². The molecule has 0 radical (unpaired) electrons. The highest BCUT2D eigenvalue weighted by atomic mass is 35.5. The Hall–Kier alpha value is -0.530. The molecule has 1 aromatic carbocycles. The summed E-state index contributed by atoms with van der Waals surface area (Å²) in [5, 5.41) is 0. The van der Waals surface area contributed by atoms with E-state index in [2.05, 4.69) is 64.0 Å². The van der Waals surface area contributed by atoms with Crippen LogP contribution in [0.25, 0.3) is 0 Å². The number of halogens is 1. The van der Waals surface area contributed by atoms with Gasteiger partial charge in [-0.15, -0.1) is 11.6 Å². The van der Waals surface area contributed by atoms with Crippen molar-refractivity contribution in [1.29, 1.82) is 0 Å². The molecule has 0 amide bonds. The van der Waals surface area contributed by atoms with Crippen molar-refractivity contribution < 1.29 is 0 Å². The van der Waals surface area contributed by atoms with E-state index in [4.69, 9.17) is 11.6 Å². The molecule has 16 heavy (non-hydrogen) atoms. The molecule has 2 heteroatoms. The molecule has 1 atom stereocenters. The predicted octanol–water partition coefficient (Wildman–Crippen LogP) is 3.83. The fourth-order valence-corrected chi connectivity index (χ4v) is 2.18. The van der Waals surface area contributed by atoms with E-state index in [-0.39, 0.29) is 5.41 Å². The Bertz CT molecular complexity index is 322. The van der Waals surface area contributed by atoms with Crippen molar-refractivity contribution >= 4 is 11.6 Å². The largest absolute Gasteiger partial charge is 0.301 e. The normalized spacial score (nSPS) is 14.2. The Kier molecular flexibility index (Phi) is 4.40. The van der Waals surface area contributed by atoms with E-state index in [0.717, 1.165) is 0 Å². The van der Waals surface area contributed by atoms with Crippen molar-refractivity contribution in [3.8, 4) is 0 Å². The van der Waals surface area contributed by atoms with Gasteiger partial charge in [0.25, 0.3) is 0 Å². The zero-order chi connectivity index (χ0) is 12.3. The van der Waals surface area contributed by atoms with Crippen molar-refractivity contribution in [3.63, 3.8) is 0 Å². The van der Waals surface area contributed by atoms with Gasteiger partial charge in [-0.3, -0.25) is 0 Å². The SMILES string of the molecule is CN(C)C(CCl)c1ccc(C(C)(C)C)cc1. The molecule has 0 N–H and O–H groups in total. The van der Waals surface area contributed by atoms with Gasteiger partial charge in [-0.1, -0.05) is 45.0 Å². The van der Waals surface area contributed by atoms with Crippen molar-refractivity contribution in [2.45, 2.75) is 32.2 Å². The lowest BCUT2D eigenvalue weighted by Crippen LogP contribution is -2.21. The molecule has 0 aliphatic rings. The van der Waals surface area contributed by atoms with Crippen molar-refractivity contribution in [3.05, 3.63) is 35.4 Å². The highest BCUT2D eigenvalue weighted by Gasteiger charge is 2.16. The molecule has 0 spiro atoms. The Labute approximate surface area is 104 Å². The lowest BCUT2D eigenvalue weighted by molar-refractivity contribution is 0.324. The summed E-state index contributed by atoms with van der Waals surface area (Å²) >= 11 is 5.99. The summed E-state index contributed by atoms with van der Waals surface area (Å²) in [6.45, 7) is 6.69. The lowest BCUT2D eigenvalue weighted by atomic mass is 9.86. The van der Waals surface area contributed by atoms with Gasteiger partial charge in [0.15, 0.2) is 0 Å². The molecule has 0 aliphatic carbocycles. The van der Waals surface area contributed by atoms with E-state index in [1.54, 1.807) is 0 Å². The Morgan fingerprint density at radius 1 is 1.12 bits per heavy atom. The Balaban J connectivity index is 2.94. The lowest BCUT2D eigenvalue weighted by Gasteiger charge is -2.24. The molecular weight excluding hydrogens is 218 g/mol. The standard InChI is InChI=1S/C14H22ClN/c1-14(2,3)12-8-6-11(7-9-12)13(10-15)16(4)5/h6-9,13H,10H2,1-5H3. The third-order valence-corrected chi connectivity index (χ3v) is 3.22. The van der Waals surface area contributed by atoms with Crippen LogP contribution in [0.4, 0.5) is 0 Å². The number of nitrogens with zero attached hydrogens (tertiary/aromatic N) is 1. The zero-order valence-electron chi connectivity index (χ0n) is 10.9. The van der Waals surface area contributed by atoms with Crippen LogP contribution in [0, 0.1) is 0 Å². The monoisotopic (exact) mass is 239 g/mol. The second-order valence-corrected chi connectivity index (χ2v) is 5.81. The van der Waals surface area contributed by atoms with Crippen LogP contribution < -0.4 is 0 Å². The fraction of sp³-hybridized carbons (Fsp3) is 0.571. The van der Waals surface area contributed by atoms with Gasteiger partial charge in [-0.2, -0.15) is 0 Å². The van der Waals surface area contributed by atoms with Crippen LogP contribution in [0.15, 0.2) is 24.3 Å². The van der Waals surface area contributed by atoms with Crippen molar-refractivity contribution in [2.75, 3.05) is 20.0 Å². The van der Waals surface area contributed by atoms with Gasteiger partial charge in [0.2, 0.25) is 0 Å². The fourth-order valence-electron chi connectivity index (χ4n) is 1.73. The Morgan fingerprint density at radius 3 is 1.94 bits per heavy atom. The first-order valence-electron chi connectivity index (χ1n) is 5.69. The molecule has 0 heterocycles. The second kappa shape index (κ2) is 5.20. The summed E-state index contributed by atoms with van der Waals surface area (Å²) in [5.41, 5.74) is 2.86. The van der Waals surface area contributed by atoms with E-state index in [1.807, 2.05) is 0 Å². The molecule has 0 fully saturated rings. The van der Waals surface area contributed by atoms with Crippen LogP contribution in [-0.2, 0) is 5.41 Å². The second-order valence-electron chi connectivity index (χ2n) is 5.51. The number of hydrogen-bond acceptors (Lipinski definition) is 1. The molecule has 1 aromatic rings. The van der Waals surface area contributed by atoms with Crippen LogP contribution >= 0.6 is 11.6 Å². The zero-order valence-corrected chi connectivity index (χ0v) is 11.7. The molecule has 0 saturated carbocycles. The third-order valence-electron chi connectivity index (χ3n) is 2.93. The van der Waals surface area contributed by atoms with Gasteiger partial charge in [0, 0.05) is 11.9 Å². The molecule has 0 aromatic heterocycles. The van der Waals surface area contributed by atoms with Crippen molar-refractivity contribution in [1.82, 2.24) is 4.90 Å². The molecule has 90 valence electrons. The Morgan fingerprint density at radius 2 is 1.62 bits per heavy atom. The maximum absolute atomic E-state index is 5.99. The first-order chi connectivity index (χ1) is 7.36. The first-order valence-corrected chi connectivity index (χ1v) is 6.22. The summed E-state index contributed by atoms with van der Waals surface area (Å²) in [6.07, 6.45) is 0. The van der Waals surface area contributed by atoms with E-state index < -0.39 is 0 Å². The molecule has 0 saturated heterocycles. The number of alkyl halides is 1. The number of hydrogen-bond donors (Lipinski definition) is 0. The van der Waals surface area contributed by atoms with Gasteiger partial charge in [-0.25, -0.2) is 0 Å².